The molecule has 0 aliphatic carbocycles. The van der Waals surface area contributed by atoms with Crippen molar-refractivity contribution in [1.29, 1.82) is 0 Å². The number of ether oxygens (including phenoxy) is 2. The first-order valence-corrected chi connectivity index (χ1v) is 1.77. The van der Waals surface area contributed by atoms with Crippen molar-refractivity contribution in [2.24, 2.45) is 0 Å². The molecule has 0 saturated carbocycles. The van der Waals surface area contributed by atoms with Gasteiger partial charge in [-0.15, -0.1) is 0 Å². The molecular weight excluding hydrogens is 87.0 g/mol. The second kappa shape index (κ2) is 9.72. The molecule has 38 valence electrons. The molecule has 0 aromatic heterocycles. The predicted octanol–water partition coefficient (Wildman–Crippen LogP) is -2.56. The van der Waals surface area contributed by atoms with E-state index in [4.69, 9.17) is 0 Å². The molecular formula is C4H9LiO2. The second-order valence-corrected chi connectivity index (χ2v) is 0.901. The van der Waals surface area contributed by atoms with Gasteiger partial charge in [-0.3, -0.25) is 0 Å². The minimum Gasteiger partial charge on any atom is -0.553 e. The van der Waals surface area contributed by atoms with Gasteiger partial charge in [-0.2, -0.15) is 0 Å². The van der Waals surface area contributed by atoms with Crippen molar-refractivity contribution < 1.29 is 28.3 Å². The Kier molecular flexibility index (Phi) is 14.6. The average molecular weight is 96.1 g/mol. The maximum absolute atomic E-state index is 4.62. The summed E-state index contributed by atoms with van der Waals surface area (Å²) in [7, 11) is 4.77. The van der Waals surface area contributed by atoms with Crippen LogP contribution in [0.15, 0.2) is 0 Å². The fourth-order valence-electron chi connectivity index (χ4n) is 0.142. The van der Waals surface area contributed by atoms with Gasteiger partial charge in [0.1, 0.15) is 0 Å². The van der Waals surface area contributed by atoms with Gasteiger partial charge >= 0.3 is 18.9 Å². The summed E-state index contributed by atoms with van der Waals surface area (Å²) in [6.07, 6.45) is 0. The third kappa shape index (κ3) is 10.7. The van der Waals surface area contributed by atoms with E-state index in [-0.39, 0.29) is 18.9 Å². The second-order valence-electron chi connectivity index (χ2n) is 0.901. The summed E-state index contributed by atoms with van der Waals surface area (Å²) < 4.78 is 9.02. The molecule has 0 bridgehead atoms. The largest absolute Gasteiger partial charge is 1.00 e. The smallest absolute Gasteiger partial charge is 0.553 e. The van der Waals surface area contributed by atoms with Crippen LogP contribution < -0.4 is 18.9 Å². The standard InChI is InChI=1S/C4H9O2.Li/c1-5-3-4-6-2;/h1,3-4H2,2H3;/q-1;+1. The van der Waals surface area contributed by atoms with E-state index in [9.17, 15) is 0 Å². The molecule has 0 aliphatic rings. The topological polar surface area (TPSA) is 18.5 Å². The fourth-order valence-corrected chi connectivity index (χ4v) is 0.142. The molecule has 2 nitrogen and oxygen atoms in total. The Morgan fingerprint density at radius 1 is 1.43 bits per heavy atom. The fraction of sp³-hybridized carbons (Fsp3) is 0.750. The Morgan fingerprint density at radius 3 is 2.14 bits per heavy atom. The van der Waals surface area contributed by atoms with Crippen molar-refractivity contribution in [1.82, 2.24) is 0 Å². The minimum absolute atomic E-state index is 0. The molecule has 0 saturated heterocycles. The Hall–Kier alpha value is 0.517. The summed E-state index contributed by atoms with van der Waals surface area (Å²) in [5, 5.41) is 0. The first-order valence-electron chi connectivity index (χ1n) is 1.77. The van der Waals surface area contributed by atoms with Crippen molar-refractivity contribution in [3.05, 3.63) is 7.11 Å². The van der Waals surface area contributed by atoms with Crippen molar-refractivity contribution in [3.63, 3.8) is 0 Å². The number of hydrogen-bond donors (Lipinski definition) is 0. The van der Waals surface area contributed by atoms with E-state index >= 15 is 0 Å². The Bertz CT molecular complexity index is 21.7. The molecule has 0 fully saturated rings. The van der Waals surface area contributed by atoms with Crippen LogP contribution in [0, 0.1) is 7.11 Å². The molecule has 7 heavy (non-hydrogen) atoms. The first kappa shape index (κ1) is 10.5. The van der Waals surface area contributed by atoms with Crippen molar-refractivity contribution in [2.45, 2.75) is 0 Å². The van der Waals surface area contributed by atoms with Crippen LogP contribution in [0.1, 0.15) is 0 Å². The first-order chi connectivity index (χ1) is 2.91. The Morgan fingerprint density at radius 2 is 2.00 bits per heavy atom. The van der Waals surface area contributed by atoms with Gasteiger partial charge in [-0.1, -0.05) is 0 Å². The minimum atomic E-state index is 0. The third-order valence-corrected chi connectivity index (χ3v) is 0.432. The summed E-state index contributed by atoms with van der Waals surface area (Å²) in [5.41, 5.74) is 0. The molecule has 0 N–H and O–H groups in total. The molecule has 0 amide bonds. The molecule has 3 heteroatoms. The van der Waals surface area contributed by atoms with E-state index in [1.165, 1.54) is 0 Å². The van der Waals surface area contributed by atoms with Gasteiger partial charge in [0.15, 0.2) is 0 Å². The molecule has 0 spiro atoms. The molecule has 0 unspecified atom stereocenters. The summed E-state index contributed by atoms with van der Waals surface area (Å²) >= 11 is 0. The molecule has 0 atom stereocenters. The van der Waals surface area contributed by atoms with Crippen molar-refractivity contribution >= 4 is 0 Å². The van der Waals surface area contributed by atoms with Gasteiger partial charge in [0, 0.05) is 13.7 Å². The maximum atomic E-state index is 4.62. The zero-order valence-electron chi connectivity index (χ0n) is 4.94. The summed E-state index contributed by atoms with van der Waals surface area (Å²) in [4.78, 5) is 0. The van der Waals surface area contributed by atoms with Gasteiger partial charge in [-0.05, 0) is 0 Å². The van der Waals surface area contributed by atoms with Gasteiger partial charge in [0.2, 0.25) is 0 Å². The van der Waals surface area contributed by atoms with Crippen LogP contribution in [-0.4, -0.2) is 20.3 Å². The van der Waals surface area contributed by atoms with Gasteiger partial charge < -0.3 is 9.47 Å². The van der Waals surface area contributed by atoms with Crippen molar-refractivity contribution in [2.75, 3.05) is 20.3 Å². The van der Waals surface area contributed by atoms with E-state index < -0.39 is 0 Å². The van der Waals surface area contributed by atoms with Gasteiger partial charge in [-0.25, -0.2) is 7.11 Å². The average Bonchev–Trinajstić information content (AvgIpc) is 1.61. The molecule has 0 radical (unpaired) electrons. The SMILES string of the molecule is [CH2-]OCCOC.[Li+]. The normalized spacial score (nSPS) is 7.71. The Labute approximate surface area is 56.4 Å². The van der Waals surface area contributed by atoms with E-state index in [1.807, 2.05) is 0 Å². The molecule has 0 heterocycles. The Balaban J connectivity index is 0. The van der Waals surface area contributed by atoms with Crippen LogP contribution in [0.3, 0.4) is 0 Å². The van der Waals surface area contributed by atoms with E-state index in [1.54, 1.807) is 7.11 Å². The van der Waals surface area contributed by atoms with E-state index in [0.29, 0.717) is 13.2 Å². The molecule has 0 aliphatic heterocycles. The number of methoxy groups -OCH3 is 1. The van der Waals surface area contributed by atoms with Crippen LogP contribution >= 0.6 is 0 Å². The predicted molar refractivity (Wildman–Crippen MR) is 23.2 cm³/mol. The maximum Gasteiger partial charge on any atom is 1.00 e. The number of rotatable bonds is 3. The molecule has 0 rings (SSSR count). The van der Waals surface area contributed by atoms with E-state index in [0.717, 1.165) is 0 Å². The molecule has 0 aromatic rings. The van der Waals surface area contributed by atoms with Crippen LogP contribution in [0.5, 0.6) is 0 Å². The zero-order chi connectivity index (χ0) is 4.83. The summed E-state index contributed by atoms with van der Waals surface area (Å²) in [6, 6.07) is 0. The quantitative estimate of drug-likeness (QED) is 0.219. The van der Waals surface area contributed by atoms with Gasteiger partial charge in [0.25, 0.3) is 0 Å². The summed E-state index contributed by atoms with van der Waals surface area (Å²) in [5.74, 6) is 0. The summed E-state index contributed by atoms with van der Waals surface area (Å²) in [6.45, 7) is 1.21. The van der Waals surface area contributed by atoms with E-state index in [2.05, 4.69) is 16.6 Å². The van der Waals surface area contributed by atoms with Crippen LogP contribution in [0.25, 0.3) is 0 Å². The van der Waals surface area contributed by atoms with Crippen LogP contribution in [0.4, 0.5) is 0 Å². The van der Waals surface area contributed by atoms with Crippen LogP contribution in [0.2, 0.25) is 0 Å². The zero-order valence-corrected chi connectivity index (χ0v) is 4.94. The third-order valence-electron chi connectivity index (χ3n) is 0.432. The van der Waals surface area contributed by atoms with Gasteiger partial charge in [0.05, 0.1) is 6.61 Å². The van der Waals surface area contributed by atoms with Crippen LogP contribution in [-0.2, 0) is 9.47 Å². The van der Waals surface area contributed by atoms with Crippen molar-refractivity contribution in [3.8, 4) is 0 Å². The molecule has 0 aromatic carbocycles. The monoisotopic (exact) mass is 96.1 g/mol. The number of hydrogen-bond acceptors (Lipinski definition) is 2.